The molecule has 0 bridgehead atoms. The lowest BCUT2D eigenvalue weighted by molar-refractivity contribution is 0.0956. The smallest absolute Gasteiger partial charge is 0.252 e. The highest BCUT2D eigenvalue weighted by Crippen LogP contribution is 2.19. The SMILES string of the molecule is Cc1cccc(N2CCN(S(=O)(=O)CCNC(=O)c3ccccc3Cl)CC2)c1. The van der Waals surface area contributed by atoms with Gasteiger partial charge in [0.2, 0.25) is 10.0 Å². The minimum absolute atomic E-state index is 0.0461. The zero-order chi connectivity index (χ0) is 20.1. The van der Waals surface area contributed by atoms with Gasteiger partial charge >= 0.3 is 0 Å². The van der Waals surface area contributed by atoms with Crippen molar-refractivity contribution < 1.29 is 13.2 Å². The Morgan fingerprint density at radius 3 is 2.46 bits per heavy atom. The number of carbonyl (C=O) groups is 1. The Hall–Kier alpha value is -2.09. The number of benzene rings is 2. The molecule has 2 aromatic carbocycles. The molecule has 1 fully saturated rings. The fourth-order valence-electron chi connectivity index (χ4n) is 3.21. The van der Waals surface area contributed by atoms with Gasteiger partial charge < -0.3 is 10.2 Å². The van der Waals surface area contributed by atoms with Crippen LogP contribution in [-0.4, -0.2) is 57.1 Å². The molecular formula is C20H24ClN3O3S. The number of amides is 1. The zero-order valence-electron chi connectivity index (χ0n) is 15.8. The molecule has 1 saturated heterocycles. The number of hydrogen-bond donors (Lipinski definition) is 1. The van der Waals surface area contributed by atoms with Crippen molar-refractivity contribution in [3.63, 3.8) is 0 Å². The van der Waals surface area contributed by atoms with Crippen molar-refractivity contribution in [3.05, 3.63) is 64.7 Å². The summed E-state index contributed by atoms with van der Waals surface area (Å²) in [5.74, 6) is -0.502. The number of aryl methyl sites for hydroxylation is 1. The van der Waals surface area contributed by atoms with E-state index in [-0.39, 0.29) is 18.2 Å². The van der Waals surface area contributed by atoms with Gasteiger partial charge in [-0.2, -0.15) is 4.31 Å². The van der Waals surface area contributed by atoms with Gasteiger partial charge in [-0.25, -0.2) is 8.42 Å². The largest absolute Gasteiger partial charge is 0.369 e. The van der Waals surface area contributed by atoms with Crippen LogP contribution in [0.2, 0.25) is 5.02 Å². The molecule has 1 aliphatic rings. The molecule has 0 unspecified atom stereocenters. The summed E-state index contributed by atoms with van der Waals surface area (Å²) < 4.78 is 26.7. The first-order valence-corrected chi connectivity index (χ1v) is 11.2. The van der Waals surface area contributed by atoms with E-state index in [9.17, 15) is 13.2 Å². The maximum absolute atomic E-state index is 12.6. The topological polar surface area (TPSA) is 69.7 Å². The summed E-state index contributed by atoms with van der Waals surface area (Å²) in [5.41, 5.74) is 2.64. The fourth-order valence-corrected chi connectivity index (χ4v) is 4.77. The van der Waals surface area contributed by atoms with Gasteiger partial charge in [0.25, 0.3) is 5.91 Å². The van der Waals surface area contributed by atoms with E-state index in [4.69, 9.17) is 11.6 Å². The Morgan fingerprint density at radius 1 is 1.07 bits per heavy atom. The number of halogens is 1. The van der Waals surface area contributed by atoms with Crippen LogP contribution in [0.5, 0.6) is 0 Å². The molecule has 8 heteroatoms. The van der Waals surface area contributed by atoms with Crippen molar-refractivity contribution in [2.45, 2.75) is 6.92 Å². The zero-order valence-corrected chi connectivity index (χ0v) is 17.3. The molecule has 6 nitrogen and oxygen atoms in total. The number of sulfonamides is 1. The maximum Gasteiger partial charge on any atom is 0.252 e. The number of hydrogen-bond acceptors (Lipinski definition) is 4. The molecule has 2 aromatic rings. The molecule has 3 rings (SSSR count). The number of nitrogens with one attached hydrogen (secondary N) is 1. The second kappa shape index (κ2) is 8.94. The second-order valence-corrected chi connectivity index (χ2v) is 9.27. The summed E-state index contributed by atoms with van der Waals surface area (Å²) in [6, 6.07) is 14.9. The average molecular weight is 422 g/mol. The minimum Gasteiger partial charge on any atom is -0.369 e. The van der Waals surface area contributed by atoms with Crippen LogP contribution in [0.15, 0.2) is 48.5 Å². The second-order valence-electron chi connectivity index (χ2n) is 6.78. The molecule has 150 valence electrons. The van der Waals surface area contributed by atoms with Crippen molar-refractivity contribution in [3.8, 4) is 0 Å². The summed E-state index contributed by atoms with van der Waals surface area (Å²) in [4.78, 5) is 14.3. The Balaban J connectivity index is 1.50. The first kappa shape index (κ1) is 20.6. The molecule has 0 aliphatic carbocycles. The van der Waals surface area contributed by atoms with Gasteiger partial charge in [-0.15, -0.1) is 0 Å². The van der Waals surface area contributed by atoms with Crippen LogP contribution < -0.4 is 10.2 Å². The van der Waals surface area contributed by atoms with E-state index in [0.29, 0.717) is 36.8 Å². The molecule has 0 aromatic heterocycles. The minimum atomic E-state index is -3.43. The molecule has 0 atom stereocenters. The van der Waals surface area contributed by atoms with Crippen molar-refractivity contribution in [1.82, 2.24) is 9.62 Å². The molecule has 1 aliphatic heterocycles. The van der Waals surface area contributed by atoms with E-state index in [1.807, 2.05) is 25.1 Å². The summed E-state index contributed by atoms with van der Waals surface area (Å²) in [6.07, 6.45) is 0. The lowest BCUT2D eigenvalue weighted by Gasteiger charge is -2.35. The van der Waals surface area contributed by atoms with Crippen molar-refractivity contribution >= 4 is 33.2 Å². The van der Waals surface area contributed by atoms with Crippen LogP contribution in [0.3, 0.4) is 0 Å². The van der Waals surface area contributed by atoms with Crippen LogP contribution in [0.25, 0.3) is 0 Å². The van der Waals surface area contributed by atoms with Gasteiger partial charge in [-0.3, -0.25) is 4.79 Å². The van der Waals surface area contributed by atoms with Crippen LogP contribution in [-0.2, 0) is 10.0 Å². The van der Waals surface area contributed by atoms with Gasteiger partial charge in [-0.05, 0) is 36.8 Å². The third kappa shape index (κ3) is 5.04. The molecule has 1 heterocycles. The Morgan fingerprint density at radius 2 is 1.79 bits per heavy atom. The molecule has 28 heavy (non-hydrogen) atoms. The Labute approximate surface area is 171 Å². The molecule has 0 saturated carbocycles. The maximum atomic E-state index is 12.6. The van der Waals surface area contributed by atoms with Gasteiger partial charge in [0.15, 0.2) is 0 Å². The third-order valence-corrected chi connectivity index (χ3v) is 6.96. The summed E-state index contributed by atoms with van der Waals surface area (Å²) >= 11 is 5.99. The predicted octanol–water partition coefficient (Wildman–Crippen LogP) is 2.53. The average Bonchev–Trinajstić information content (AvgIpc) is 2.68. The van der Waals surface area contributed by atoms with Gasteiger partial charge in [0.1, 0.15) is 0 Å². The number of nitrogens with zero attached hydrogens (tertiary/aromatic N) is 2. The van der Waals surface area contributed by atoms with Crippen LogP contribution in [0, 0.1) is 6.92 Å². The van der Waals surface area contributed by atoms with Crippen LogP contribution in [0.1, 0.15) is 15.9 Å². The van der Waals surface area contributed by atoms with E-state index in [1.54, 1.807) is 24.3 Å². The summed E-state index contributed by atoms with van der Waals surface area (Å²) in [5, 5.41) is 2.98. The normalized spacial score (nSPS) is 15.4. The van der Waals surface area contributed by atoms with E-state index in [1.165, 1.54) is 9.87 Å². The van der Waals surface area contributed by atoms with E-state index >= 15 is 0 Å². The molecule has 1 amide bonds. The highest BCUT2D eigenvalue weighted by atomic mass is 35.5. The van der Waals surface area contributed by atoms with Crippen molar-refractivity contribution in [1.29, 1.82) is 0 Å². The summed E-state index contributed by atoms with van der Waals surface area (Å²) in [6.45, 7) is 4.26. The first-order valence-electron chi connectivity index (χ1n) is 9.19. The standard InChI is InChI=1S/C20H24ClN3O3S/c1-16-5-4-6-17(15-16)23-10-12-24(13-11-23)28(26,27)14-9-22-20(25)18-7-2-3-8-19(18)21/h2-8,15H,9-14H2,1H3,(H,22,25). The number of piperazine rings is 1. The van der Waals surface area contributed by atoms with Gasteiger partial charge in [-0.1, -0.05) is 35.9 Å². The Kier molecular flexibility index (Phi) is 6.59. The number of rotatable bonds is 6. The highest BCUT2D eigenvalue weighted by molar-refractivity contribution is 7.89. The molecular weight excluding hydrogens is 398 g/mol. The highest BCUT2D eigenvalue weighted by Gasteiger charge is 2.27. The lowest BCUT2D eigenvalue weighted by atomic mass is 10.2. The van der Waals surface area contributed by atoms with Crippen molar-refractivity contribution in [2.75, 3.05) is 43.4 Å². The number of carbonyl (C=O) groups excluding carboxylic acids is 1. The lowest BCUT2D eigenvalue weighted by Crippen LogP contribution is -2.50. The van der Waals surface area contributed by atoms with Gasteiger partial charge in [0, 0.05) is 38.4 Å². The quantitative estimate of drug-likeness (QED) is 0.778. The molecule has 0 radical (unpaired) electrons. The summed E-state index contributed by atoms with van der Waals surface area (Å²) in [7, 11) is -3.43. The van der Waals surface area contributed by atoms with E-state index < -0.39 is 10.0 Å². The van der Waals surface area contributed by atoms with E-state index in [2.05, 4.69) is 16.3 Å². The van der Waals surface area contributed by atoms with Crippen LogP contribution in [0.4, 0.5) is 5.69 Å². The fraction of sp³-hybridized carbons (Fsp3) is 0.350. The number of anilines is 1. The van der Waals surface area contributed by atoms with Crippen LogP contribution >= 0.6 is 11.6 Å². The monoisotopic (exact) mass is 421 g/mol. The predicted molar refractivity (Wildman–Crippen MR) is 113 cm³/mol. The molecule has 1 N–H and O–H groups in total. The molecule has 0 spiro atoms. The van der Waals surface area contributed by atoms with Gasteiger partial charge in [0.05, 0.1) is 16.3 Å². The Bertz CT molecular complexity index is 941. The van der Waals surface area contributed by atoms with E-state index in [0.717, 1.165) is 5.69 Å². The third-order valence-electron chi connectivity index (χ3n) is 4.76. The first-order chi connectivity index (χ1) is 13.4. The van der Waals surface area contributed by atoms with Crippen molar-refractivity contribution in [2.24, 2.45) is 0 Å².